The molecule has 4 nitrogen and oxygen atoms in total. The summed E-state index contributed by atoms with van der Waals surface area (Å²) in [5.41, 5.74) is 0.753. The van der Waals surface area contributed by atoms with Gasteiger partial charge in [-0.25, -0.2) is 0 Å². The van der Waals surface area contributed by atoms with Gasteiger partial charge in [0.25, 0.3) is 0 Å². The molecule has 0 aliphatic carbocycles. The van der Waals surface area contributed by atoms with Crippen LogP contribution >= 0.6 is 11.6 Å². The molecule has 1 unspecified atom stereocenters. The van der Waals surface area contributed by atoms with E-state index in [-0.39, 0.29) is 0 Å². The normalized spacial score (nSPS) is 22.1. The number of likely N-dealkylation sites (tertiary alicyclic amines) is 1. The van der Waals surface area contributed by atoms with Crippen molar-refractivity contribution in [2.24, 2.45) is 0 Å². The van der Waals surface area contributed by atoms with Crippen LogP contribution in [0.4, 0.5) is 0 Å². The van der Waals surface area contributed by atoms with Gasteiger partial charge in [0.05, 0.1) is 11.1 Å². The minimum atomic E-state index is 0.359. The van der Waals surface area contributed by atoms with Gasteiger partial charge in [-0.2, -0.15) is 0 Å². The molecule has 0 saturated carbocycles. The van der Waals surface area contributed by atoms with Crippen LogP contribution in [0.15, 0.2) is 18.3 Å². The van der Waals surface area contributed by atoms with E-state index in [2.05, 4.69) is 22.1 Å². The summed E-state index contributed by atoms with van der Waals surface area (Å²) in [5.74, 6) is 1.00. The first-order chi connectivity index (χ1) is 8.27. The first kappa shape index (κ1) is 11.0. The Hall–Kier alpha value is -1.13. The van der Waals surface area contributed by atoms with Crippen LogP contribution in [-0.4, -0.2) is 33.1 Å². The quantitative estimate of drug-likeness (QED) is 0.780. The largest absolute Gasteiger partial charge is 0.296 e. The van der Waals surface area contributed by atoms with Crippen molar-refractivity contribution < 1.29 is 0 Å². The van der Waals surface area contributed by atoms with Gasteiger partial charge >= 0.3 is 0 Å². The molecule has 1 saturated heterocycles. The molecule has 0 spiro atoms. The smallest absolute Gasteiger partial charge is 0.179 e. The maximum atomic E-state index is 6.11. The van der Waals surface area contributed by atoms with E-state index in [1.807, 2.05) is 22.7 Å². The molecule has 1 fully saturated rings. The fraction of sp³-hybridized carbons (Fsp3) is 0.500. The van der Waals surface area contributed by atoms with Crippen molar-refractivity contribution in [1.82, 2.24) is 19.5 Å². The third-order valence-corrected chi connectivity index (χ3v) is 3.78. The molecule has 1 atom stereocenters. The van der Waals surface area contributed by atoms with E-state index >= 15 is 0 Å². The Labute approximate surface area is 105 Å². The number of pyridine rings is 1. The fourth-order valence-electron chi connectivity index (χ4n) is 2.53. The summed E-state index contributed by atoms with van der Waals surface area (Å²) in [6, 6.07) is 4.14. The second kappa shape index (κ2) is 4.27. The number of piperidine rings is 1. The van der Waals surface area contributed by atoms with Gasteiger partial charge in [-0.3, -0.25) is 9.30 Å². The second-order valence-electron chi connectivity index (χ2n) is 4.60. The Kier molecular flexibility index (Phi) is 2.76. The van der Waals surface area contributed by atoms with E-state index in [1.165, 1.54) is 12.8 Å². The third-order valence-electron chi connectivity index (χ3n) is 3.48. The molecule has 0 N–H and O–H groups in total. The van der Waals surface area contributed by atoms with E-state index in [9.17, 15) is 0 Å². The summed E-state index contributed by atoms with van der Waals surface area (Å²) in [5, 5.41) is 9.16. The van der Waals surface area contributed by atoms with Crippen molar-refractivity contribution in [2.75, 3.05) is 13.6 Å². The summed E-state index contributed by atoms with van der Waals surface area (Å²) in [6.45, 7) is 1.13. The van der Waals surface area contributed by atoms with Crippen LogP contribution in [0.2, 0.25) is 5.02 Å². The minimum absolute atomic E-state index is 0.359. The van der Waals surface area contributed by atoms with Crippen molar-refractivity contribution in [3.05, 3.63) is 29.2 Å². The highest BCUT2D eigenvalue weighted by Gasteiger charge is 2.25. The molecule has 1 aliphatic rings. The lowest BCUT2D eigenvalue weighted by Crippen LogP contribution is -2.30. The lowest BCUT2D eigenvalue weighted by atomic mass is 10.0. The highest BCUT2D eigenvalue weighted by molar-refractivity contribution is 6.33. The number of hydrogen-bond acceptors (Lipinski definition) is 3. The van der Waals surface area contributed by atoms with Gasteiger partial charge in [0, 0.05) is 6.20 Å². The molecular weight excluding hydrogens is 236 g/mol. The van der Waals surface area contributed by atoms with Gasteiger partial charge in [0.2, 0.25) is 0 Å². The Morgan fingerprint density at radius 1 is 1.35 bits per heavy atom. The van der Waals surface area contributed by atoms with Gasteiger partial charge in [-0.05, 0) is 38.6 Å². The zero-order valence-electron chi connectivity index (χ0n) is 9.80. The summed E-state index contributed by atoms with van der Waals surface area (Å²) in [4.78, 5) is 2.35. The van der Waals surface area contributed by atoms with E-state index in [0.717, 1.165) is 24.4 Å². The Morgan fingerprint density at radius 3 is 3.06 bits per heavy atom. The van der Waals surface area contributed by atoms with E-state index in [0.29, 0.717) is 11.1 Å². The number of nitrogens with zero attached hydrogens (tertiary/aromatic N) is 4. The predicted molar refractivity (Wildman–Crippen MR) is 67.2 cm³/mol. The van der Waals surface area contributed by atoms with E-state index < -0.39 is 0 Å². The highest BCUT2D eigenvalue weighted by Crippen LogP contribution is 2.29. The zero-order valence-corrected chi connectivity index (χ0v) is 10.6. The summed E-state index contributed by atoms with van der Waals surface area (Å²) in [7, 11) is 2.15. The number of rotatable bonds is 1. The molecule has 3 rings (SSSR count). The molecule has 17 heavy (non-hydrogen) atoms. The van der Waals surface area contributed by atoms with Crippen LogP contribution in [-0.2, 0) is 0 Å². The lowest BCUT2D eigenvalue weighted by Gasteiger charge is -2.30. The van der Waals surface area contributed by atoms with Crippen molar-refractivity contribution in [3.8, 4) is 0 Å². The van der Waals surface area contributed by atoms with Gasteiger partial charge in [-0.15, -0.1) is 10.2 Å². The second-order valence-corrected chi connectivity index (χ2v) is 5.01. The average Bonchev–Trinajstić information content (AvgIpc) is 2.75. The molecule has 0 amide bonds. The molecule has 0 aromatic carbocycles. The number of fused-ring (bicyclic) bond motifs is 1. The van der Waals surface area contributed by atoms with Crippen molar-refractivity contribution >= 4 is 17.2 Å². The highest BCUT2D eigenvalue weighted by atomic mass is 35.5. The van der Waals surface area contributed by atoms with E-state index in [4.69, 9.17) is 11.6 Å². The van der Waals surface area contributed by atoms with Crippen LogP contribution in [0.1, 0.15) is 31.1 Å². The van der Waals surface area contributed by atoms with E-state index in [1.54, 1.807) is 0 Å². The van der Waals surface area contributed by atoms with Gasteiger partial charge < -0.3 is 0 Å². The Bertz CT molecular complexity index is 536. The molecule has 1 aliphatic heterocycles. The van der Waals surface area contributed by atoms with Gasteiger partial charge in [0.15, 0.2) is 11.5 Å². The SMILES string of the molecule is CN1CCCCC1c1nnc2c(Cl)cccn12. The van der Waals surface area contributed by atoms with Crippen LogP contribution in [0, 0.1) is 0 Å². The van der Waals surface area contributed by atoms with Crippen molar-refractivity contribution in [1.29, 1.82) is 0 Å². The summed E-state index contributed by atoms with van der Waals surface area (Å²) < 4.78 is 2.01. The van der Waals surface area contributed by atoms with Crippen LogP contribution in [0.5, 0.6) is 0 Å². The van der Waals surface area contributed by atoms with Crippen LogP contribution in [0.3, 0.4) is 0 Å². The Balaban J connectivity index is 2.08. The van der Waals surface area contributed by atoms with Gasteiger partial charge in [-0.1, -0.05) is 18.0 Å². The standard InChI is InChI=1S/C12H15ClN4/c1-16-7-3-2-6-10(16)12-15-14-11-9(13)5-4-8-17(11)12/h4-5,8,10H,2-3,6-7H2,1H3. The summed E-state index contributed by atoms with van der Waals surface area (Å²) >= 11 is 6.11. The monoisotopic (exact) mass is 250 g/mol. The van der Waals surface area contributed by atoms with Crippen molar-refractivity contribution in [2.45, 2.75) is 25.3 Å². The lowest BCUT2D eigenvalue weighted by molar-refractivity contribution is 0.178. The minimum Gasteiger partial charge on any atom is -0.296 e. The van der Waals surface area contributed by atoms with Crippen LogP contribution in [0.25, 0.3) is 5.65 Å². The maximum absolute atomic E-state index is 6.11. The van der Waals surface area contributed by atoms with Crippen molar-refractivity contribution in [3.63, 3.8) is 0 Å². The zero-order chi connectivity index (χ0) is 11.8. The summed E-state index contributed by atoms with van der Waals surface area (Å²) in [6.07, 6.45) is 5.65. The predicted octanol–water partition coefficient (Wildman–Crippen LogP) is 2.54. The molecule has 3 heterocycles. The third kappa shape index (κ3) is 1.81. The molecule has 2 aromatic heterocycles. The molecule has 90 valence electrons. The molecule has 0 radical (unpaired) electrons. The topological polar surface area (TPSA) is 33.4 Å². The number of aromatic nitrogens is 3. The average molecular weight is 251 g/mol. The molecule has 5 heteroatoms. The van der Waals surface area contributed by atoms with Gasteiger partial charge in [0.1, 0.15) is 0 Å². The number of halogens is 1. The number of hydrogen-bond donors (Lipinski definition) is 0. The Morgan fingerprint density at radius 2 is 2.24 bits per heavy atom. The maximum Gasteiger partial charge on any atom is 0.179 e. The van der Waals surface area contributed by atoms with Crippen LogP contribution < -0.4 is 0 Å². The molecule has 0 bridgehead atoms. The molecular formula is C12H15ClN4. The molecule has 2 aromatic rings. The first-order valence-electron chi connectivity index (χ1n) is 5.97. The first-order valence-corrected chi connectivity index (χ1v) is 6.34. The fourth-order valence-corrected chi connectivity index (χ4v) is 2.73.